The van der Waals surface area contributed by atoms with Gasteiger partial charge >= 0.3 is 0 Å². The largest absolute Gasteiger partial charge is 0.455 e. The molecule has 2 heterocycles. The van der Waals surface area contributed by atoms with Gasteiger partial charge in [-0.3, -0.25) is 0 Å². The Balaban J connectivity index is 1.31. The highest BCUT2D eigenvalue weighted by atomic mass is 28.3. The average molecular weight is 631 g/mol. The first-order valence-electron chi connectivity index (χ1n) is 18.9. The van der Waals surface area contributed by atoms with Crippen molar-refractivity contribution in [2.24, 2.45) is 0 Å². The maximum atomic E-state index is 9.01. The number of hydrogen-bond donors (Lipinski definition) is 0. The number of nitrogens with zero attached hydrogens (tertiary/aromatic N) is 3. The molecule has 0 saturated carbocycles. The Bertz CT molecular complexity index is 2780. The molecule has 4 nitrogen and oxygen atoms in total. The third-order valence-corrected chi connectivity index (χ3v) is 10.3. The van der Waals surface area contributed by atoms with Gasteiger partial charge in [-0.2, -0.15) is 0 Å². The van der Waals surface area contributed by atoms with Gasteiger partial charge in [0, 0.05) is 21.9 Å². The Kier molecular flexibility index (Phi) is 5.43. The summed E-state index contributed by atoms with van der Waals surface area (Å²) in [5.41, 5.74) is 5.47. The standard InChI is InChI=1S/C42H33N3OSi/c1-47(2,3)38-22-10-8-17-33(38)29-25-23-28(24-26-29)31-15-11-16-32(27-31)41-43-40(30-13-5-4-6-14-30)44-42(45-41)36-20-12-19-35-34-18-7-9-21-37(34)46-39(35)36/h4-27H,1-3H3/i7D,9D,12D,18D,19D,20D,21D. The maximum Gasteiger partial charge on any atom is 0.167 e. The zero-order valence-corrected chi connectivity index (χ0v) is 27.1. The molecule has 47 heavy (non-hydrogen) atoms. The predicted octanol–water partition coefficient (Wildman–Crippen LogP) is 10.7. The van der Waals surface area contributed by atoms with Crippen molar-refractivity contribution in [3.63, 3.8) is 0 Å². The van der Waals surface area contributed by atoms with Crippen LogP contribution in [0.2, 0.25) is 19.6 Å². The predicted molar refractivity (Wildman–Crippen MR) is 197 cm³/mol. The lowest BCUT2D eigenvalue weighted by atomic mass is 9.99. The fourth-order valence-corrected chi connectivity index (χ4v) is 7.52. The van der Waals surface area contributed by atoms with E-state index in [-0.39, 0.29) is 45.4 Å². The Morgan fingerprint density at radius 1 is 0.511 bits per heavy atom. The van der Waals surface area contributed by atoms with Crippen molar-refractivity contribution in [2.75, 3.05) is 0 Å². The molecule has 0 N–H and O–H groups in total. The van der Waals surface area contributed by atoms with Crippen LogP contribution in [0.4, 0.5) is 0 Å². The van der Waals surface area contributed by atoms with E-state index in [2.05, 4.69) is 68.2 Å². The second-order valence-corrected chi connectivity index (χ2v) is 17.4. The van der Waals surface area contributed by atoms with Crippen molar-refractivity contribution >= 4 is 35.2 Å². The van der Waals surface area contributed by atoms with Gasteiger partial charge in [-0.05, 0) is 40.4 Å². The molecule has 226 valence electrons. The second kappa shape index (κ2) is 11.6. The van der Waals surface area contributed by atoms with Crippen molar-refractivity contribution < 1.29 is 14.0 Å². The van der Waals surface area contributed by atoms with Crippen LogP contribution in [0.3, 0.4) is 0 Å². The molecular formula is C42H33N3OSi. The normalized spacial score (nSPS) is 13.8. The highest BCUT2D eigenvalue weighted by Crippen LogP contribution is 2.36. The van der Waals surface area contributed by atoms with E-state index in [1.807, 2.05) is 54.6 Å². The number of para-hydroxylation sites is 2. The van der Waals surface area contributed by atoms with Crippen LogP contribution < -0.4 is 5.19 Å². The van der Waals surface area contributed by atoms with Crippen LogP contribution in [-0.4, -0.2) is 23.0 Å². The Morgan fingerprint density at radius 3 is 1.96 bits per heavy atom. The first-order valence-corrected chi connectivity index (χ1v) is 18.9. The lowest BCUT2D eigenvalue weighted by Crippen LogP contribution is -2.38. The Morgan fingerprint density at radius 2 is 1.15 bits per heavy atom. The van der Waals surface area contributed by atoms with Crippen molar-refractivity contribution in [1.29, 1.82) is 0 Å². The third-order valence-electron chi connectivity index (χ3n) is 8.21. The molecule has 0 fully saturated rings. The second-order valence-electron chi connectivity index (χ2n) is 12.4. The summed E-state index contributed by atoms with van der Waals surface area (Å²) in [7, 11) is -1.57. The molecular weight excluding hydrogens is 591 g/mol. The van der Waals surface area contributed by atoms with Crippen molar-refractivity contribution in [1.82, 2.24) is 15.0 Å². The van der Waals surface area contributed by atoms with E-state index in [0.29, 0.717) is 22.8 Å². The molecule has 0 aliphatic heterocycles. The summed E-state index contributed by atoms with van der Waals surface area (Å²) in [6.07, 6.45) is 0. The molecule has 5 heteroatoms. The van der Waals surface area contributed by atoms with E-state index in [1.165, 1.54) is 10.8 Å². The number of benzene rings is 6. The summed E-state index contributed by atoms with van der Waals surface area (Å²) in [4.78, 5) is 14.5. The molecule has 0 aliphatic carbocycles. The first-order chi connectivity index (χ1) is 25.8. The third kappa shape index (κ3) is 5.45. The first kappa shape index (κ1) is 22.0. The van der Waals surface area contributed by atoms with E-state index in [0.717, 1.165) is 16.7 Å². The van der Waals surface area contributed by atoms with Crippen molar-refractivity contribution in [3.8, 4) is 56.4 Å². The van der Waals surface area contributed by atoms with Crippen LogP contribution in [-0.2, 0) is 0 Å². The Labute approximate surface area is 285 Å². The van der Waals surface area contributed by atoms with E-state index in [9.17, 15) is 0 Å². The molecule has 0 radical (unpaired) electrons. The fourth-order valence-electron chi connectivity index (χ4n) is 5.89. The van der Waals surface area contributed by atoms with Gasteiger partial charge in [-0.1, -0.05) is 152 Å². The average Bonchev–Trinajstić information content (AvgIpc) is 3.59. The summed E-state index contributed by atoms with van der Waals surface area (Å²) >= 11 is 0. The van der Waals surface area contributed by atoms with Gasteiger partial charge in [0.25, 0.3) is 0 Å². The van der Waals surface area contributed by atoms with E-state index < -0.39 is 38.3 Å². The van der Waals surface area contributed by atoms with Crippen LogP contribution in [0.1, 0.15) is 9.60 Å². The van der Waals surface area contributed by atoms with Crippen LogP contribution >= 0.6 is 0 Å². The number of furan rings is 1. The summed E-state index contributed by atoms with van der Waals surface area (Å²) in [6, 6.07) is 31.3. The van der Waals surface area contributed by atoms with Crippen LogP contribution in [0.25, 0.3) is 78.4 Å². The molecule has 8 aromatic rings. The molecule has 0 bridgehead atoms. The van der Waals surface area contributed by atoms with Crippen LogP contribution in [0, 0.1) is 0 Å². The van der Waals surface area contributed by atoms with Crippen molar-refractivity contribution in [2.45, 2.75) is 19.6 Å². The molecule has 0 atom stereocenters. The van der Waals surface area contributed by atoms with E-state index in [1.54, 1.807) is 0 Å². The van der Waals surface area contributed by atoms with Gasteiger partial charge < -0.3 is 4.42 Å². The zero-order valence-electron chi connectivity index (χ0n) is 33.1. The topological polar surface area (TPSA) is 51.8 Å². The minimum Gasteiger partial charge on any atom is -0.455 e. The number of aromatic nitrogens is 3. The summed E-state index contributed by atoms with van der Waals surface area (Å²) in [5, 5.41) is 1.37. The molecule has 0 aliphatic rings. The molecule has 6 aromatic carbocycles. The SMILES string of the molecule is [2H]c1c([2H])c([2H])c2c(oc3c(-c4nc(-c5ccccc5)nc(-c5cccc(-c6ccc(-c7ccccc7[Si](C)(C)C)cc6)c5)n4)c([2H])c([2H])c([2H])c32)c1[2H]. The lowest BCUT2D eigenvalue weighted by Gasteiger charge is -2.21. The van der Waals surface area contributed by atoms with Gasteiger partial charge in [0.1, 0.15) is 11.2 Å². The summed E-state index contributed by atoms with van der Waals surface area (Å²) < 4.78 is 66.2. The smallest absolute Gasteiger partial charge is 0.167 e. The molecule has 0 spiro atoms. The highest BCUT2D eigenvalue weighted by molar-refractivity contribution is 6.89. The van der Waals surface area contributed by atoms with Crippen LogP contribution in [0.5, 0.6) is 0 Å². The number of hydrogen-bond acceptors (Lipinski definition) is 4. The number of fused-ring (bicyclic) bond motifs is 3. The van der Waals surface area contributed by atoms with E-state index in [4.69, 9.17) is 29.0 Å². The van der Waals surface area contributed by atoms with Gasteiger partial charge in [0.15, 0.2) is 17.5 Å². The number of rotatable bonds is 6. The van der Waals surface area contributed by atoms with Gasteiger partial charge in [0.05, 0.1) is 23.2 Å². The molecule has 2 aromatic heterocycles. The highest BCUT2D eigenvalue weighted by Gasteiger charge is 2.21. The summed E-state index contributed by atoms with van der Waals surface area (Å²) in [5.74, 6) is 0.615. The monoisotopic (exact) mass is 630 g/mol. The summed E-state index contributed by atoms with van der Waals surface area (Å²) in [6.45, 7) is 7.06. The van der Waals surface area contributed by atoms with Gasteiger partial charge in [-0.15, -0.1) is 0 Å². The van der Waals surface area contributed by atoms with E-state index >= 15 is 0 Å². The molecule has 8 rings (SSSR count). The minimum atomic E-state index is -1.57. The fraction of sp³-hybridized carbons (Fsp3) is 0.0714. The quantitative estimate of drug-likeness (QED) is 0.172. The van der Waals surface area contributed by atoms with Crippen LogP contribution in [0.15, 0.2) is 150 Å². The maximum absolute atomic E-state index is 9.01. The Hall–Kier alpha value is -5.65. The zero-order chi connectivity index (χ0) is 38.1. The molecule has 0 amide bonds. The van der Waals surface area contributed by atoms with Gasteiger partial charge in [-0.25, -0.2) is 15.0 Å². The van der Waals surface area contributed by atoms with Gasteiger partial charge in [0.2, 0.25) is 0 Å². The van der Waals surface area contributed by atoms with Crippen molar-refractivity contribution in [3.05, 3.63) is 145 Å². The molecule has 0 unspecified atom stereocenters. The minimum absolute atomic E-state index is 0.00543. The lowest BCUT2D eigenvalue weighted by molar-refractivity contribution is 0.669. The molecule has 0 saturated heterocycles.